The average Bonchev–Trinajstić information content (AvgIpc) is 2.87. The first kappa shape index (κ1) is 13.1. The number of hydrogen-bond donors (Lipinski definition) is 0. The highest BCUT2D eigenvalue weighted by Gasteiger charge is 2.22. The van der Waals surface area contributed by atoms with Gasteiger partial charge in [-0.05, 0) is 37.8 Å². The summed E-state index contributed by atoms with van der Waals surface area (Å²) in [5.74, 6) is 0. The first-order chi connectivity index (χ1) is 8.70. The van der Waals surface area contributed by atoms with E-state index < -0.39 is 0 Å². The van der Waals surface area contributed by atoms with Crippen LogP contribution in [0.3, 0.4) is 0 Å². The third kappa shape index (κ3) is 3.11. The minimum absolute atomic E-state index is 0.554. The summed E-state index contributed by atoms with van der Waals surface area (Å²) in [5.41, 5.74) is 4.01. The lowest BCUT2D eigenvalue weighted by molar-refractivity contribution is 0.213. The van der Waals surface area contributed by atoms with Gasteiger partial charge in [-0.3, -0.25) is 4.90 Å². The molecule has 1 aliphatic rings. The predicted molar refractivity (Wildman–Crippen MR) is 74.2 cm³/mol. The maximum atomic E-state index is 9.01. The first-order valence-corrected chi connectivity index (χ1v) is 6.88. The maximum absolute atomic E-state index is 9.01. The Morgan fingerprint density at radius 2 is 2.00 bits per heavy atom. The summed E-state index contributed by atoms with van der Waals surface area (Å²) in [6, 6.07) is 9.54. The molecule has 0 heterocycles. The van der Waals surface area contributed by atoms with Gasteiger partial charge in [0.15, 0.2) is 0 Å². The molecular formula is C16H22N2. The Hall–Kier alpha value is -1.33. The van der Waals surface area contributed by atoms with Crippen LogP contribution in [0.5, 0.6) is 0 Å². The van der Waals surface area contributed by atoms with Crippen molar-refractivity contribution in [1.29, 1.82) is 5.26 Å². The monoisotopic (exact) mass is 242 g/mol. The van der Waals surface area contributed by atoms with Crippen molar-refractivity contribution in [3.63, 3.8) is 0 Å². The smallest absolute Gasteiger partial charge is 0.0871 e. The summed E-state index contributed by atoms with van der Waals surface area (Å²) < 4.78 is 0. The van der Waals surface area contributed by atoms with Crippen LogP contribution in [0.1, 0.15) is 42.4 Å². The van der Waals surface area contributed by atoms with Crippen LogP contribution in [0.15, 0.2) is 18.2 Å². The molecule has 0 radical (unpaired) electrons. The van der Waals surface area contributed by atoms with Crippen LogP contribution in [0.25, 0.3) is 0 Å². The van der Waals surface area contributed by atoms with Crippen molar-refractivity contribution < 1.29 is 0 Å². The van der Waals surface area contributed by atoms with E-state index in [1.54, 1.807) is 0 Å². The number of benzene rings is 1. The fraction of sp³-hybridized carbons (Fsp3) is 0.562. The van der Waals surface area contributed by atoms with Gasteiger partial charge in [0.05, 0.1) is 12.6 Å². The second-order valence-electron chi connectivity index (χ2n) is 5.43. The van der Waals surface area contributed by atoms with E-state index in [9.17, 15) is 0 Å². The first-order valence-electron chi connectivity index (χ1n) is 6.88. The summed E-state index contributed by atoms with van der Waals surface area (Å²) in [5, 5.41) is 9.01. The standard InChI is InChI=1S/C16H22N2/c1-13-7-8-14(2)15(11-13)12-18(10-9-17)16-5-3-4-6-16/h7-8,11,16H,3-6,10,12H2,1-2H3. The Kier molecular flexibility index (Phi) is 4.38. The molecule has 0 N–H and O–H groups in total. The minimum Gasteiger partial charge on any atom is -0.283 e. The largest absolute Gasteiger partial charge is 0.283 e. The molecule has 2 nitrogen and oxygen atoms in total. The van der Waals surface area contributed by atoms with E-state index in [0.29, 0.717) is 12.6 Å². The highest BCUT2D eigenvalue weighted by Crippen LogP contribution is 2.25. The summed E-state index contributed by atoms with van der Waals surface area (Å²) >= 11 is 0. The fourth-order valence-corrected chi connectivity index (χ4v) is 2.86. The van der Waals surface area contributed by atoms with E-state index in [0.717, 1.165) is 6.54 Å². The molecule has 0 atom stereocenters. The molecule has 1 fully saturated rings. The van der Waals surface area contributed by atoms with Gasteiger partial charge in [-0.15, -0.1) is 0 Å². The molecule has 0 aliphatic heterocycles. The number of rotatable bonds is 4. The molecule has 1 aliphatic carbocycles. The van der Waals surface area contributed by atoms with Crippen LogP contribution in [-0.2, 0) is 6.54 Å². The number of nitriles is 1. The van der Waals surface area contributed by atoms with Crippen LogP contribution < -0.4 is 0 Å². The zero-order valence-corrected chi connectivity index (χ0v) is 11.4. The van der Waals surface area contributed by atoms with Gasteiger partial charge < -0.3 is 0 Å². The van der Waals surface area contributed by atoms with Gasteiger partial charge in [-0.2, -0.15) is 5.26 Å². The highest BCUT2D eigenvalue weighted by molar-refractivity contribution is 5.30. The Morgan fingerprint density at radius 3 is 2.67 bits per heavy atom. The number of aryl methyl sites for hydroxylation is 2. The van der Waals surface area contributed by atoms with Crippen LogP contribution in [0.4, 0.5) is 0 Å². The second kappa shape index (κ2) is 6.02. The van der Waals surface area contributed by atoms with E-state index in [-0.39, 0.29) is 0 Å². The molecule has 0 amide bonds. The van der Waals surface area contributed by atoms with Crippen molar-refractivity contribution in [3.05, 3.63) is 34.9 Å². The minimum atomic E-state index is 0.554. The van der Waals surface area contributed by atoms with Gasteiger partial charge in [-0.1, -0.05) is 36.6 Å². The Morgan fingerprint density at radius 1 is 1.28 bits per heavy atom. The molecule has 18 heavy (non-hydrogen) atoms. The van der Waals surface area contributed by atoms with E-state index in [2.05, 4.69) is 43.0 Å². The molecule has 2 heteroatoms. The molecule has 1 aromatic carbocycles. The number of nitrogens with zero attached hydrogens (tertiary/aromatic N) is 2. The number of hydrogen-bond acceptors (Lipinski definition) is 2. The maximum Gasteiger partial charge on any atom is 0.0871 e. The van der Waals surface area contributed by atoms with Crippen molar-refractivity contribution in [1.82, 2.24) is 4.90 Å². The summed E-state index contributed by atoms with van der Waals surface area (Å²) in [4.78, 5) is 2.36. The Balaban J connectivity index is 2.12. The van der Waals surface area contributed by atoms with Gasteiger partial charge in [0.2, 0.25) is 0 Å². The molecule has 0 aromatic heterocycles. The van der Waals surface area contributed by atoms with Gasteiger partial charge in [0, 0.05) is 12.6 Å². The molecule has 0 saturated heterocycles. The van der Waals surface area contributed by atoms with Crippen LogP contribution in [-0.4, -0.2) is 17.5 Å². The third-order valence-electron chi connectivity index (χ3n) is 3.99. The second-order valence-corrected chi connectivity index (χ2v) is 5.43. The van der Waals surface area contributed by atoms with E-state index in [1.807, 2.05) is 0 Å². The summed E-state index contributed by atoms with van der Waals surface area (Å²) in [6.45, 7) is 5.77. The van der Waals surface area contributed by atoms with Crippen molar-refractivity contribution >= 4 is 0 Å². The molecule has 0 unspecified atom stereocenters. The lowest BCUT2D eigenvalue weighted by atomic mass is 10.0. The van der Waals surface area contributed by atoms with Gasteiger partial charge in [-0.25, -0.2) is 0 Å². The van der Waals surface area contributed by atoms with Crippen molar-refractivity contribution in [3.8, 4) is 6.07 Å². The molecule has 1 aromatic rings. The van der Waals surface area contributed by atoms with E-state index in [1.165, 1.54) is 42.4 Å². The van der Waals surface area contributed by atoms with Crippen LogP contribution in [0.2, 0.25) is 0 Å². The van der Waals surface area contributed by atoms with Gasteiger partial charge in [0.25, 0.3) is 0 Å². The average molecular weight is 242 g/mol. The zero-order valence-electron chi connectivity index (χ0n) is 11.4. The zero-order chi connectivity index (χ0) is 13.0. The van der Waals surface area contributed by atoms with E-state index >= 15 is 0 Å². The SMILES string of the molecule is Cc1ccc(C)c(CN(CC#N)C2CCCC2)c1. The van der Waals surface area contributed by atoms with Crippen LogP contribution >= 0.6 is 0 Å². The van der Waals surface area contributed by atoms with Crippen molar-refractivity contribution in [2.45, 2.75) is 52.1 Å². The Labute approximate surface area is 110 Å². The quantitative estimate of drug-likeness (QED) is 0.755. The molecule has 1 saturated carbocycles. The molecule has 2 rings (SSSR count). The predicted octanol–water partition coefficient (Wildman–Crippen LogP) is 3.57. The normalized spacial score (nSPS) is 16.1. The van der Waals surface area contributed by atoms with Crippen LogP contribution in [0, 0.1) is 25.2 Å². The molecule has 96 valence electrons. The topological polar surface area (TPSA) is 27.0 Å². The lowest BCUT2D eigenvalue weighted by Gasteiger charge is -2.27. The highest BCUT2D eigenvalue weighted by atomic mass is 15.2. The van der Waals surface area contributed by atoms with Gasteiger partial charge in [0.1, 0.15) is 0 Å². The lowest BCUT2D eigenvalue weighted by Crippen LogP contribution is -2.33. The fourth-order valence-electron chi connectivity index (χ4n) is 2.86. The Bertz CT molecular complexity index is 439. The summed E-state index contributed by atoms with van der Waals surface area (Å²) in [7, 11) is 0. The van der Waals surface area contributed by atoms with Crippen molar-refractivity contribution in [2.75, 3.05) is 6.54 Å². The molecular weight excluding hydrogens is 220 g/mol. The molecule has 0 spiro atoms. The van der Waals surface area contributed by atoms with Gasteiger partial charge >= 0.3 is 0 Å². The van der Waals surface area contributed by atoms with E-state index in [4.69, 9.17) is 5.26 Å². The third-order valence-corrected chi connectivity index (χ3v) is 3.99. The summed E-state index contributed by atoms with van der Waals surface area (Å²) in [6.07, 6.45) is 5.15. The molecule has 0 bridgehead atoms. The van der Waals surface area contributed by atoms with Crippen molar-refractivity contribution in [2.24, 2.45) is 0 Å².